The molecule has 1 aromatic heterocycles. The van der Waals surface area contributed by atoms with Crippen molar-refractivity contribution in [1.29, 1.82) is 0 Å². The van der Waals surface area contributed by atoms with Crippen LogP contribution in [0, 0.1) is 0 Å². The van der Waals surface area contributed by atoms with Crippen molar-refractivity contribution in [3.63, 3.8) is 0 Å². The topological polar surface area (TPSA) is 77.2 Å². The quantitative estimate of drug-likeness (QED) is 0.622. The summed E-state index contributed by atoms with van der Waals surface area (Å²) < 4.78 is 5.64. The fourth-order valence-electron chi connectivity index (χ4n) is 1.32. The summed E-state index contributed by atoms with van der Waals surface area (Å²) in [5.41, 5.74) is 7.15. The van der Waals surface area contributed by atoms with Gasteiger partial charge in [-0.1, -0.05) is 0 Å². The summed E-state index contributed by atoms with van der Waals surface area (Å²) in [6, 6.07) is 0. The van der Waals surface area contributed by atoms with Crippen LogP contribution < -0.4 is 11.1 Å². The number of aromatic nitrogens is 1. The number of pyridine rings is 1. The van der Waals surface area contributed by atoms with Gasteiger partial charge in [-0.3, -0.25) is 9.78 Å². The number of carbonyl (C=O) groups is 1. The van der Waals surface area contributed by atoms with Gasteiger partial charge < -0.3 is 15.8 Å². The molecule has 0 spiro atoms. The second-order valence-corrected chi connectivity index (χ2v) is 4.28. The Balaban J connectivity index is 2.34. The van der Waals surface area contributed by atoms with Crippen LogP contribution in [-0.2, 0) is 9.53 Å². The molecule has 94 valence electrons. The highest BCUT2D eigenvalue weighted by Crippen LogP contribution is 2.26. The summed E-state index contributed by atoms with van der Waals surface area (Å²) in [6.45, 7) is 2.88. The summed E-state index contributed by atoms with van der Waals surface area (Å²) in [6.07, 6.45) is 4.36. The van der Waals surface area contributed by atoms with Gasteiger partial charge in [-0.05, 0) is 29.3 Å². The van der Waals surface area contributed by atoms with Crippen molar-refractivity contribution in [3.8, 4) is 0 Å². The fraction of sp³-hybridized carbons (Fsp3) is 0.455. The molecule has 0 bridgehead atoms. The van der Waals surface area contributed by atoms with Crippen LogP contribution in [0.4, 0.5) is 11.4 Å². The van der Waals surface area contributed by atoms with Gasteiger partial charge in [-0.2, -0.15) is 0 Å². The first kappa shape index (κ1) is 13.8. The maximum absolute atomic E-state index is 11.1. The molecule has 0 fully saturated rings. The van der Waals surface area contributed by atoms with E-state index in [-0.39, 0.29) is 5.97 Å². The predicted molar refractivity (Wildman–Crippen MR) is 70.7 cm³/mol. The van der Waals surface area contributed by atoms with Crippen LogP contribution >= 0.6 is 15.9 Å². The standard InChI is InChI=1S/C11H16BrN3O2/c1-2-17-10(16)4-3-5-15-11-8(12)6-14-7-9(11)13/h6-7H,2-5,13H2,1H3,(H,14,15). The van der Waals surface area contributed by atoms with Crippen LogP contribution in [0.2, 0.25) is 0 Å². The molecule has 0 aliphatic heterocycles. The normalized spacial score (nSPS) is 10.0. The summed E-state index contributed by atoms with van der Waals surface area (Å²) in [4.78, 5) is 15.0. The summed E-state index contributed by atoms with van der Waals surface area (Å²) in [5.74, 6) is -0.170. The van der Waals surface area contributed by atoms with E-state index >= 15 is 0 Å². The first-order valence-corrected chi connectivity index (χ1v) is 6.23. The van der Waals surface area contributed by atoms with Gasteiger partial charge in [0.25, 0.3) is 0 Å². The zero-order valence-corrected chi connectivity index (χ0v) is 11.3. The van der Waals surface area contributed by atoms with Crippen LogP contribution in [0.25, 0.3) is 0 Å². The first-order chi connectivity index (χ1) is 8.15. The number of nitrogens with zero attached hydrogens (tertiary/aromatic N) is 1. The molecule has 0 aromatic carbocycles. The van der Waals surface area contributed by atoms with Crippen molar-refractivity contribution in [2.45, 2.75) is 19.8 Å². The Morgan fingerprint density at radius 2 is 2.35 bits per heavy atom. The minimum Gasteiger partial charge on any atom is -0.466 e. The van der Waals surface area contributed by atoms with E-state index < -0.39 is 0 Å². The van der Waals surface area contributed by atoms with Gasteiger partial charge in [0.05, 0.1) is 28.7 Å². The minimum absolute atomic E-state index is 0.170. The number of esters is 1. The monoisotopic (exact) mass is 301 g/mol. The lowest BCUT2D eigenvalue weighted by Gasteiger charge is -2.10. The van der Waals surface area contributed by atoms with Crippen LogP contribution in [0.1, 0.15) is 19.8 Å². The molecule has 0 unspecified atom stereocenters. The SMILES string of the molecule is CCOC(=O)CCCNc1c(N)cncc1Br. The highest BCUT2D eigenvalue weighted by molar-refractivity contribution is 9.10. The van der Waals surface area contributed by atoms with Crippen molar-refractivity contribution in [3.05, 3.63) is 16.9 Å². The second kappa shape index (κ2) is 7.11. The lowest BCUT2D eigenvalue weighted by Crippen LogP contribution is -2.09. The van der Waals surface area contributed by atoms with Crippen LogP contribution in [0.5, 0.6) is 0 Å². The lowest BCUT2D eigenvalue weighted by atomic mass is 10.3. The van der Waals surface area contributed by atoms with E-state index in [4.69, 9.17) is 10.5 Å². The number of hydrogen-bond acceptors (Lipinski definition) is 5. The van der Waals surface area contributed by atoms with Gasteiger partial charge in [0.2, 0.25) is 0 Å². The molecular weight excluding hydrogens is 286 g/mol. The number of nitrogens with one attached hydrogen (secondary N) is 1. The average molecular weight is 302 g/mol. The minimum atomic E-state index is -0.170. The zero-order chi connectivity index (χ0) is 12.7. The van der Waals surface area contributed by atoms with E-state index in [2.05, 4.69) is 26.2 Å². The maximum Gasteiger partial charge on any atom is 0.305 e. The first-order valence-electron chi connectivity index (χ1n) is 5.43. The Morgan fingerprint density at radius 1 is 1.59 bits per heavy atom. The van der Waals surface area contributed by atoms with E-state index in [1.165, 1.54) is 0 Å². The van der Waals surface area contributed by atoms with Gasteiger partial charge in [0.1, 0.15) is 0 Å². The number of rotatable bonds is 6. The van der Waals surface area contributed by atoms with Gasteiger partial charge >= 0.3 is 5.97 Å². The van der Waals surface area contributed by atoms with Crippen LogP contribution in [0.15, 0.2) is 16.9 Å². The van der Waals surface area contributed by atoms with Crippen molar-refractivity contribution >= 4 is 33.3 Å². The molecule has 1 heterocycles. The molecular formula is C11H16BrN3O2. The number of nitrogen functional groups attached to an aromatic ring is 1. The molecule has 17 heavy (non-hydrogen) atoms. The molecule has 0 aliphatic carbocycles. The van der Waals surface area contributed by atoms with E-state index in [0.29, 0.717) is 31.7 Å². The smallest absolute Gasteiger partial charge is 0.305 e. The summed E-state index contributed by atoms with van der Waals surface area (Å²) >= 11 is 3.36. The third kappa shape index (κ3) is 4.60. The maximum atomic E-state index is 11.1. The Bertz CT molecular complexity index is 365. The van der Waals surface area contributed by atoms with Crippen LogP contribution in [0.3, 0.4) is 0 Å². The highest BCUT2D eigenvalue weighted by Gasteiger charge is 2.05. The van der Waals surface area contributed by atoms with E-state index in [1.54, 1.807) is 19.3 Å². The van der Waals surface area contributed by atoms with E-state index in [9.17, 15) is 4.79 Å². The van der Waals surface area contributed by atoms with Crippen molar-refractivity contribution in [2.24, 2.45) is 0 Å². The molecule has 5 nitrogen and oxygen atoms in total. The van der Waals surface area contributed by atoms with Gasteiger partial charge in [0.15, 0.2) is 0 Å². The number of ether oxygens (including phenoxy) is 1. The molecule has 0 saturated heterocycles. The lowest BCUT2D eigenvalue weighted by molar-refractivity contribution is -0.143. The highest BCUT2D eigenvalue weighted by atomic mass is 79.9. The molecule has 0 aliphatic rings. The summed E-state index contributed by atoms with van der Waals surface area (Å²) in [5, 5.41) is 3.16. The Labute approximate surface area is 109 Å². The van der Waals surface area contributed by atoms with Crippen molar-refractivity contribution < 1.29 is 9.53 Å². The van der Waals surface area contributed by atoms with Gasteiger partial charge in [-0.25, -0.2) is 0 Å². The Hall–Kier alpha value is -1.30. The van der Waals surface area contributed by atoms with Crippen molar-refractivity contribution in [1.82, 2.24) is 4.98 Å². The number of carbonyl (C=O) groups excluding carboxylic acids is 1. The number of nitrogens with two attached hydrogens (primary N) is 1. The van der Waals surface area contributed by atoms with Crippen LogP contribution in [-0.4, -0.2) is 24.1 Å². The molecule has 1 aromatic rings. The fourth-order valence-corrected chi connectivity index (χ4v) is 1.80. The molecule has 0 amide bonds. The molecule has 6 heteroatoms. The number of hydrogen-bond donors (Lipinski definition) is 2. The number of anilines is 2. The van der Waals surface area contributed by atoms with Gasteiger partial charge in [0, 0.05) is 19.2 Å². The third-order valence-electron chi connectivity index (χ3n) is 2.09. The molecule has 1 rings (SSSR count). The van der Waals surface area contributed by atoms with Gasteiger partial charge in [-0.15, -0.1) is 0 Å². The molecule has 0 atom stereocenters. The Kier molecular flexibility index (Phi) is 5.76. The third-order valence-corrected chi connectivity index (χ3v) is 2.70. The summed E-state index contributed by atoms with van der Waals surface area (Å²) in [7, 11) is 0. The molecule has 0 radical (unpaired) electrons. The van der Waals surface area contributed by atoms with E-state index in [0.717, 1.165) is 10.2 Å². The van der Waals surface area contributed by atoms with Crippen molar-refractivity contribution in [2.75, 3.05) is 24.2 Å². The number of halogens is 1. The average Bonchev–Trinajstić information content (AvgIpc) is 2.28. The predicted octanol–water partition coefficient (Wildman–Crippen LogP) is 2.18. The molecule has 3 N–H and O–H groups in total. The zero-order valence-electron chi connectivity index (χ0n) is 9.70. The molecule has 0 saturated carbocycles. The second-order valence-electron chi connectivity index (χ2n) is 3.42. The van der Waals surface area contributed by atoms with E-state index in [1.807, 2.05) is 0 Å². The Morgan fingerprint density at radius 3 is 3.00 bits per heavy atom. The largest absolute Gasteiger partial charge is 0.466 e.